The van der Waals surface area contributed by atoms with Crippen LogP contribution in [-0.2, 0) is 19.9 Å². The lowest BCUT2D eigenvalue weighted by atomic mass is 9.92. The highest BCUT2D eigenvalue weighted by atomic mass is 32.1. The number of amidine groups is 1. The summed E-state index contributed by atoms with van der Waals surface area (Å²) in [5, 5.41) is 6.90. The third kappa shape index (κ3) is 4.57. The van der Waals surface area contributed by atoms with Crippen LogP contribution in [0.25, 0.3) is 21.8 Å². The van der Waals surface area contributed by atoms with Crippen molar-refractivity contribution in [3.05, 3.63) is 34.5 Å². The molecule has 8 nitrogen and oxygen atoms in total. The van der Waals surface area contributed by atoms with Gasteiger partial charge in [0.05, 0.1) is 34.1 Å². The number of aromatic nitrogens is 4. The molecule has 31 heavy (non-hydrogen) atoms. The average Bonchev–Trinajstić information content (AvgIpc) is 3.29. The lowest BCUT2D eigenvalue weighted by Crippen LogP contribution is -2.16. The van der Waals surface area contributed by atoms with E-state index in [0.29, 0.717) is 18.2 Å². The summed E-state index contributed by atoms with van der Waals surface area (Å²) in [6.45, 7) is 3.77. The van der Waals surface area contributed by atoms with Gasteiger partial charge in [0.1, 0.15) is 5.84 Å². The Morgan fingerprint density at radius 2 is 2.19 bits per heavy atom. The predicted molar refractivity (Wildman–Crippen MR) is 128 cm³/mol. The van der Waals surface area contributed by atoms with Gasteiger partial charge in [-0.2, -0.15) is 10.1 Å². The van der Waals surface area contributed by atoms with E-state index in [0.717, 1.165) is 54.1 Å². The van der Waals surface area contributed by atoms with Crippen molar-refractivity contribution in [1.29, 1.82) is 0 Å². The van der Waals surface area contributed by atoms with Crippen LogP contribution < -0.4 is 5.73 Å². The van der Waals surface area contributed by atoms with Crippen LogP contribution in [0.2, 0.25) is 0 Å². The maximum absolute atomic E-state index is 6.10. The molecule has 0 saturated heterocycles. The number of fused-ring (bicyclic) bond motifs is 3. The minimum atomic E-state index is 0.378. The van der Waals surface area contributed by atoms with Gasteiger partial charge in [0.15, 0.2) is 0 Å². The molecule has 3 heterocycles. The van der Waals surface area contributed by atoms with E-state index >= 15 is 0 Å². The molecule has 9 heteroatoms. The van der Waals surface area contributed by atoms with E-state index in [-0.39, 0.29) is 0 Å². The fourth-order valence-electron chi connectivity index (χ4n) is 3.66. The molecule has 0 aromatic carbocycles. The molecule has 0 amide bonds. The third-order valence-corrected chi connectivity index (χ3v) is 6.29. The fraction of sp³-hybridized carbons (Fsp3) is 0.409. The van der Waals surface area contributed by atoms with Crippen LogP contribution in [0.3, 0.4) is 0 Å². The van der Waals surface area contributed by atoms with E-state index in [9.17, 15) is 0 Å². The molecule has 162 valence electrons. The van der Waals surface area contributed by atoms with Crippen LogP contribution in [0.5, 0.6) is 0 Å². The Hall–Kier alpha value is -2.91. The molecular formula is C22H28N8S. The largest absolute Gasteiger partial charge is 0.387 e. The van der Waals surface area contributed by atoms with Gasteiger partial charge in [-0.25, -0.2) is 9.97 Å². The zero-order valence-electron chi connectivity index (χ0n) is 18.5. The Bertz CT molecular complexity index is 1140. The lowest BCUT2D eigenvalue weighted by molar-refractivity contribution is 0.421. The first-order valence-electron chi connectivity index (χ1n) is 10.4. The van der Waals surface area contributed by atoms with Crippen molar-refractivity contribution in [2.75, 3.05) is 27.2 Å². The number of hydrogen-bond donors (Lipinski definition) is 1. The number of nitrogens with zero attached hydrogens (tertiary/aromatic N) is 7. The van der Waals surface area contributed by atoms with E-state index < -0.39 is 0 Å². The quantitative estimate of drug-likeness (QED) is 0.453. The summed E-state index contributed by atoms with van der Waals surface area (Å²) < 4.78 is 1.97. The van der Waals surface area contributed by atoms with Crippen molar-refractivity contribution in [2.24, 2.45) is 22.8 Å². The summed E-state index contributed by atoms with van der Waals surface area (Å²) in [7, 11) is 6.05. The van der Waals surface area contributed by atoms with E-state index in [4.69, 9.17) is 15.8 Å². The first-order chi connectivity index (χ1) is 14.9. The molecule has 1 aliphatic carbocycles. The van der Waals surface area contributed by atoms with Crippen molar-refractivity contribution in [3.8, 4) is 21.8 Å². The zero-order valence-corrected chi connectivity index (χ0v) is 19.3. The SMILES string of the molecule is Cc1ccsc1-c1c2c(nn1C)CCc1cnc(N=C(N)CC=NCCN(C)C)nc1-2. The van der Waals surface area contributed by atoms with Crippen molar-refractivity contribution >= 4 is 29.3 Å². The standard InChI is InChI=1S/C22H28N8S/c1-14-8-12-31-21(14)20-18-16(28-30(20)4)6-5-15-13-25-22(27-19(15)18)26-17(23)7-9-24-10-11-29(2)3/h8-9,12-13H,5-7,10-11H2,1-4H3,(H2,23,25,26,27). The summed E-state index contributed by atoms with van der Waals surface area (Å²) in [5.74, 6) is 0.827. The summed E-state index contributed by atoms with van der Waals surface area (Å²) in [4.78, 5) is 21.3. The molecular weight excluding hydrogens is 408 g/mol. The highest BCUT2D eigenvalue weighted by Gasteiger charge is 2.28. The second-order valence-corrected chi connectivity index (χ2v) is 8.89. The number of thiophene rings is 1. The van der Waals surface area contributed by atoms with Crippen molar-refractivity contribution in [1.82, 2.24) is 24.6 Å². The summed E-state index contributed by atoms with van der Waals surface area (Å²) in [5.41, 5.74) is 12.7. The maximum atomic E-state index is 6.10. The van der Waals surface area contributed by atoms with Gasteiger partial charge in [-0.15, -0.1) is 11.3 Å². The van der Waals surface area contributed by atoms with Gasteiger partial charge in [-0.05, 0) is 56.4 Å². The van der Waals surface area contributed by atoms with E-state index in [1.807, 2.05) is 32.0 Å². The molecule has 0 fully saturated rings. The zero-order chi connectivity index (χ0) is 22.0. The van der Waals surface area contributed by atoms with Crippen molar-refractivity contribution in [2.45, 2.75) is 26.2 Å². The first kappa shape index (κ1) is 21.3. The van der Waals surface area contributed by atoms with Crippen LogP contribution in [0.15, 0.2) is 27.6 Å². The van der Waals surface area contributed by atoms with Gasteiger partial charge in [0, 0.05) is 32.4 Å². The van der Waals surface area contributed by atoms with Gasteiger partial charge < -0.3 is 10.6 Å². The minimum Gasteiger partial charge on any atom is -0.387 e. The normalized spacial score (nSPS) is 13.8. The lowest BCUT2D eigenvalue weighted by Gasteiger charge is -2.15. The molecule has 4 rings (SSSR count). The molecule has 0 spiro atoms. The molecule has 0 saturated carbocycles. The molecule has 3 aromatic rings. The smallest absolute Gasteiger partial charge is 0.251 e. The molecule has 1 aliphatic rings. The Balaban J connectivity index is 1.63. The molecule has 0 radical (unpaired) electrons. The third-order valence-electron chi connectivity index (χ3n) is 5.27. The van der Waals surface area contributed by atoms with Gasteiger partial charge in [-0.3, -0.25) is 9.67 Å². The van der Waals surface area contributed by atoms with E-state index in [1.54, 1.807) is 17.6 Å². The Morgan fingerprint density at radius 3 is 2.94 bits per heavy atom. The number of hydrogen-bond acceptors (Lipinski definition) is 7. The summed E-state index contributed by atoms with van der Waals surface area (Å²) in [6.07, 6.45) is 5.92. The molecule has 0 bridgehead atoms. The number of rotatable bonds is 7. The van der Waals surface area contributed by atoms with Crippen LogP contribution in [0.1, 0.15) is 23.2 Å². The number of aliphatic imine (C=N–C) groups is 2. The number of likely N-dealkylation sites (N-methyl/N-ethyl adjacent to an activating group) is 1. The van der Waals surface area contributed by atoms with Crippen LogP contribution in [-0.4, -0.2) is 63.9 Å². The summed E-state index contributed by atoms with van der Waals surface area (Å²) in [6, 6.07) is 2.14. The fourth-order valence-corrected chi connectivity index (χ4v) is 4.67. The Labute approximate surface area is 186 Å². The van der Waals surface area contributed by atoms with Crippen LogP contribution in [0.4, 0.5) is 5.95 Å². The van der Waals surface area contributed by atoms with E-state index in [2.05, 4.69) is 38.2 Å². The van der Waals surface area contributed by atoms with Gasteiger partial charge in [-0.1, -0.05) is 0 Å². The average molecular weight is 437 g/mol. The number of aryl methyl sites for hydroxylation is 4. The van der Waals surface area contributed by atoms with Gasteiger partial charge in [0.2, 0.25) is 0 Å². The first-order valence-corrected chi connectivity index (χ1v) is 11.2. The summed E-state index contributed by atoms with van der Waals surface area (Å²) >= 11 is 1.73. The Kier molecular flexibility index (Phi) is 6.24. The van der Waals surface area contributed by atoms with Crippen LogP contribution >= 0.6 is 11.3 Å². The minimum absolute atomic E-state index is 0.378. The monoisotopic (exact) mass is 436 g/mol. The molecule has 0 unspecified atom stereocenters. The maximum Gasteiger partial charge on any atom is 0.251 e. The van der Waals surface area contributed by atoms with Crippen molar-refractivity contribution in [3.63, 3.8) is 0 Å². The Morgan fingerprint density at radius 1 is 1.35 bits per heavy atom. The van der Waals surface area contributed by atoms with Crippen molar-refractivity contribution < 1.29 is 0 Å². The topological polar surface area (TPSA) is 97.6 Å². The molecule has 0 aliphatic heterocycles. The molecule has 0 atom stereocenters. The highest BCUT2D eigenvalue weighted by Crippen LogP contribution is 2.42. The number of nitrogens with two attached hydrogens (primary N) is 1. The molecule has 3 aromatic heterocycles. The highest BCUT2D eigenvalue weighted by molar-refractivity contribution is 7.13. The van der Waals surface area contributed by atoms with Gasteiger partial charge >= 0.3 is 0 Å². The second-order valence-electron chi connectivity index (χ2n) is 7.97. The van der Waals surface area contributed by atoms with E-state index in [1.165, 1.54) is 10.4 Å². The second kappa shape index (κ2) is 9.07. The predicted octanol–water partition coefficient (Wildman–Crippen LogP) is 3.02. The van der Waals surface area contributed by atoms with Gasteiger partial charge in [0.25, 0.3) is 5.95 Å². The molecule has 2 N–H and O–H groups in total. The van der Waals surface area contributed by atoms with Crippen LogP contribution in [0, 0.1) is 6.92 Å².